The fourth-order valence-corrected chi connectivity index (χ4v) is 6.56. The number of hydrogen-bond acceptors (Lipinski definition) is 5. The molecule has 286 valence electrons. The highest BCUT2D eigenvalue weighted by Crippen LogP contribution is 2.16. The van der Waals surface area contributed by atoms with E-state index in [1.54, 1.807) is 0 Å². The zero-order valence-corrected chi connectivity index (χ0v) is 32.0. The van der Waals surface area contributed by atoms with E-state index in [4.69, 9.17) is 0 Å². The van der Waals surface area contributed by atoms with Crippen LogP contribution in [0.2, 0.25) is 0 Å². The fourth-order valence-electron chi connectivity index (χ4n) is 6.56. The van der Waals surface area contributed by atoms with Crippen LogP contribution < -0.4 is 5.32 Å². The Hall–Kier alpha value is -0.950. The largest absolute Gasteiger partial charge is 0.394 e. The molecule has 0 spiro atoms. The molecule has 0 aromatic carbocycles. The molecule has 4 atom stereocenters. The molecule has 0 aromatic rings. The van der Waals surface area contributed by atoms with Gasteiger partial charge in [0, 0.05) is 0 Å². The van der Waals surface area contributed by atoms with E-state index in [9.17, 15) is 25.2 Å². The normalized spacial score (nSPS) is 14.4. The van der Waals surface area contributed by atoms with Gasteiger partial charge in [-0.05, 0) is 32.1 Å². The first-order valence-corrected chi connectivity index (χ1v) is 21.1. The molecule has 0 saturated heterocycles. The fraction of sp³-hybridized carbons (Fsp3) is 0.929. The highest BCUT2D eigenvalue weighted by atomic mass is 16.3. The molecule has 0 rings (SSSR count). The van der Waals surface area contributed by atoms with E-state index >= 15 is 0 Å². The van der Waals surface area contributed by atoms with Gasteiger partial charge >= 0.3 is 0 Å². The van der Waals surface area contributed by atoms with Crippen LogP contribution in [0.3, 0.4) is 0 Å². The van der Waals surface area contributed by atoms with Gasteiger partial charge in [-0.15, -0.1) is 0 Å². The van der Waals surface area contributed by atoms with Crippen LogP contribution >= 0.6 is 0 Å². The summed E-state index contributed by atoms with van der Waals surface area (Å²) in [6.07, 6.45) is 39.5. The van der Waals surface area contributed by atoms with Crippen molar-refractivity contribution in [1.29, 1.82) is 0 Å². The second kappa shape index (κ2) is 37.3. The summed E-state index contributed by atoms with van der Waals surface area (Å²) in [5.41, 5.74) is 0. The summed E-state index contributed by atoms with van der Waals surface area (Å²) in [5, 5.41) is 43.6. The van der Waals surface area contributed by atoms with Crippen LogP contribution in [0.25, 0.3) is 0 Å². The zero-order valence-electron chi connectivity index (χ0n) is 32.0. The molecule has 1 amide bonds. The SMILES string of the molecule is CCCC/C=C/CCCCCCCC[C@@H](O)[C@@H](O)[C@H](CO)NC(=O)[C@H](O)CCCCCCCCCCCCCCCCCCCCCC. The van der Waals surface area contributed by atoms with Crippen LogP contribution in [-0.4, -0.2) is 57.3 Å². The average Bonchev–Trinajstić information content (AvgIpc) is 3.09. The first-order valence-electron chi connectivity index (χ1n) is 21.1. The summed E-state index contributed by atoms with van der Waals surface area (Å²) < 4.78 is 0. The Kier molecular flexibility index (Phi) is 36.6. The van der Waals surface area contributed by atoms with Crippen molar-refractivity contribution in [2.75, 3.05) is 6.61 Å². The molecule has 0 heterocycles. The lowest BCUT2D eigenvalue weighted by Gasteiger charge is -2.27. The molecule has 0 aliphatic rings. The quantitative estimate of drug-likeness (QED) is 0.0329. The Labute approximate surface area is 298 Å². The Balaban J connectivity index is 3.70. The molecule has 0 saturated carbocycles. The van der Waals surface area contributed by atoms with Crippen LogP contribution in [0.1, 0.15) is 219 Å². The molecule has 48 heavy (non-hydrogen) atoms. The number of nitrogens with one attached hydrogen (secondary N) is 1. The number of amides is 1. The molecule has 5 N–H and O–H groups in total. The van der Waals surface area contributed by atoms with Gasteiger partial charge in [-0.25, -0.2) is 0 Å². The summed E-state index contributed by atoms with van der Waals surface area (Å²) in [7, 11) is 0. The minimum absolute atomic E-state index is 0.372. The van der Waals surface area contributed by atoms with Gasteiger partial charge in [0.1, 0.15) is 12.2 Å². The third-order valence-corrected chi connectivity index (χ3v) is 9.98. The molecule has 0 aliphatic heterocycles. The molecule has 6 heteroatoms. The Bertz CT molecular complexity index is 687. The molecular weight excluding hydrogens is 598 g/mol. The van der Waals surface area contributed by atoms with E-state index < -0.39 is 36.9 Å². The van der Waals surface area contributed by atoms with Gasteiger partial charge in [0.25, 0.3) is 0 Å². The third kappa shape index (κ3) is 31.1. The summed E-state index contributed by atoms with van der Waals surface area (Å²) >= 11 is 0. The van der Waals surface area contributed by atoms with Crippen molar-refractivity contribution in [1.82, 2.24) is 5.32 Å². The van der Waals surface area contributed by atoms with Crippen molar-refractivity contribution in [2.24, 2.45) is 0 Å². The highest BCUT2D eigenvalue weighted by Gasteiger charge is 2.28. The molecule has 0 fully saturated rings. The number of rotatable bonds is 38. The van der Waals surface area contributed by atoms with Gasteiger partial charge in [-0.1, -0.05) is 199 Å². The predicted molar refractivity (Wildman–Crippen MR) is 205 cm³/mol. The first kappa shape index (κ1) is 47.0. The van der Waals surface area contributed by atoms with Crippen LogP contribution in [-0.2, 0) is 4.79 Å². The molecule has 0 bridgehead atoms. The minimum Gasteiger partial charge on any atom is -0.394 e. The van der Waals surface area contributed by atoms with Crippen LogP contribution in [0.15, 0.2) is 12.2 Å². The van der Waals surface area contributed by atoms with E-state index in [0.29, 0.717) is 12.8 Å². The number of aliphatic hydroxyl groups is 4. The van der Waals surface area contributed by atoms with Crippen molar-refractivity contribution >= 4 is 5.91 Å². The standard InChI is InChI=1S/C42H83NO5/c1-3-5-7-9-11-13-15-17-18-19-20-21-22-23-24-26-28-30-32-34-36-40(46)42(48)43-38(37-44)41(47)39(45)35-33-31-29-27-25-16-14-12-10-8-6-4-2/h10,12,38-41,44-47H,3-9,11,13-37H2,1-2H3,(H,43,48)/b12-10+/t38-,39+,40+,41-/m0/s1. The van der Waals surface area contributed by atoms with Gasteiger partial charge in [0.05, 0.1) is 18.8 Å². The lowest BCUT2D eigenvalue weighted by molar-refractivity contribution is -0.132. The van der Waals surface area contributed by atoms with Gasteiger partial charge in [-0.2, -0.15) is 0 Å². The Morgan fingerprint density at radius 2 is 0.854 bits per heavy atom. The van der Waals surface area contributed by atoms with E-state index in [0.717, 1.165) is 44.9 Å². The van der Waals surface area contributed by atoms with Crippen LogP contribution in [0.5, 0.6) is 0 Å². The lowest BCUT2D eigenvalue weighted by atomic mass is 9.99. The molecular formula is C42H83NO5. The second-order valence-electron chi connectivity index (χ2n) is 14.7. The highest BCUT2D eigenvalue weighted by molar-refractivity contribution is 5.80. The Morgan fingerprint density at radius 3 is 1.27 bits per heavy atom. The van der Waals surface area contributed by atoms with E-state index in [-0.39, 0.29) is 0 Å². The maximum atomic E-state index is 12.5. The van der Waals surface area contributed by atoms with Gasteiger partial charge in [-0.3, -0.25) is 4.79 Å². The van der Waals surface area contributed by atoms with Crippen molar-refractivity contribution in [3.63, 3.8) is 0 Å². The van der Waals surface area contributed by atoms with Crippen LogP contribution in [0, 0.1) is 0 Å². The third-order valence-electron chi connectivity index (χ3n) is 9.98. The number of carbonyl (C=O) groups is 1. The van der Waals surface area contributed by atoms with E-state index in [1.165, 1.54) is 148 Å². The molecule has 0 aromatic heterocycles. The van der Waals surface area contributed by atoms with Crippen molar-refractivity contribution in [3.05, 3.63) is 12.2 Å². The molecule has 6 nitrogen and oxygen atoms in total. The molecule has 0 radical (unpaired) electrons. The number of allylic oxidation sites excluding steroid dienone is 2. The van der Waals surface area contributed by atoms with Gasteiger partial charge in [0.2, 0.25) is 5.91 Å². The summed E-state index contributed by atoms with van der Waals surface area (Å²) in [6, 6.07) is -0.984. The molecule has 0 aliphatic carbocycles. The van der Waals surface area contributed by atoms with Crippen LogP contribution in [0.4, 0.5) is 0 Å². The van der Waals surface area contributed by atoms with Crippen molar-refractivity contribution in [2.45, 2.75) is 244 Å². The summed E-state index contributed by atoms with van der Waals surface area (Å²) in [4.78, 5) is 12.5. The maximum Gasteiger partial charge on any atom is 0.249 e. The number of hydrogen-bond donors (Lipinski definition) is 5. The first-order chi connectivity index (χ1) is 23.5. The summed E-state index contributed by atoms with van der Waals surface area (Å²) in [6.45, 7) is 4.01. The zero-order chi connectivity index (χ0) is 35.3. The number of unbranched alkanes of at least 4 members (excludes halogenated alkanes) is 27. The van der Waals surface area contributed by atoms with Crippen molar-refractivity contribution in [3.8, 4) is 0 Å². The van der Waals surface area contributed by atoms with Gasteiger partial charge < -0.3 is 25.7 Å². The number of aliphatic hydroxyl groups excluding tert-OH is 4. The second-order valence-corrected chi connectivity index (χ2v) is 14.7. The van der Waals surface area contributed by atoms with Gasteiger partial charge in [0.15, 0.2) is 0 Å². The number of carbonyl (C=O) groups excluding carboxylic acids is 1. The van der Waals surface area contributed by atoms with E-state index in [1.807, 2.05) is 0 Å². The minimum atomic E-state index is -1.26. The topological polar surface area (TPSA) is 110 Å². The smallest absolute Gasteiger partial charge is 0.249 e. The average molecular weight is 682 g/mol. The van der Waals surface area contributed by atoms with Crippen molar-refractivity contribution < 1.29 is 25.2 Å². The lowest BCUT2D eigenvalue weighted by Crippen LogP contribution is -2.53. The maximum absolute atomic E-state index is 12.5. The monoisotopic (exact) mass is 682 g/mol. The Morgan fingerprint density at radius 1 is 0.500 bits per heavy atom. The van der Waals surface area contributed by atoms with E-state index in [2.05, 4.69) is 31.3 Å². The molecule has 0 unspecified atom stereocenters. The predicted octanol–water partition coefficient (Wildman–Crippen LogP) is 10.6. The summed E-state index contributed by atoms with van der Waals surface area (Å²) in [5.74, 6) is -0.585.